The molecule has 0 bridgehead atoms. The minimum absolute atomic E-state index is 0.508. The van der Waals surface area contributed by atoms with E-state index in [9.17, 15) is 0 Å². The molecule has 0 radical (unpaired) electrons. The Labute approximate surface area is 68.5 Å². The van der Waals surface area contributed by atoms with Crippen LogP contribution in [0.3, 0.4) is 0 Å². The average Bonchev–Trinajstić information content (AvgIpc) is 2.01. The van der Waals surface area contributed by atoms with Gasteiger partial charge in [-0.2, -0.15) is 0 Å². The van der Waals surface area contributed by atoms with Crippen molar-refractivity contribution < 1.29 is 4.43 Å². The van der Waals surface area contributed by atoms with Crippen molar-refractivity contribution in [2.75, 3.05) is 12.1 Å². The van der Waals surface area contributed by atoms with Gasteiger partial charge >= 0.3 is 0 Å². The van der Waals surface area contributed by atoms with Crippen LogP contribution < -0.4 is 0 Å². The highest BCUT2D eigenvalue weighted by Crippen LogP contribution is 2.09. The van der Waals surface area contributed by atoms with Crippen LogP contribution in [0.5, 0.6) is 0 Å². The van der Waals surface area contributed by atoms with Gasteiger partial charge in [0.25, 0.3) is 8.32 Å². The molecule has 0 atom stereocenters. The summed E-state index contributed by atoms with van der Waals surface area (Å²) in [4.78, 5) is 0. The Morgan fingerprint density at radius 1 is 1.50 bits per heavy atom. The van der Waals surface area contributed by atoms with Crippen molar-refractivity contribution in [3.63, 3.8) is 0 Å². The van der Waals surface area contributed by atoms with Crippen molar-refractivity contribution in [1.82, 2.24) is 0 Å². The van der Waals surface area contributed by atoms with Gasteiger partial charge in [-0.05, 0) is 6.92 Å². The Balaban J connectivity index is 4.14. The highest BCUT2D eigenvalue weighted by atomic mass is 35.5. The van der Waals surface area contributed by atoms with E-state index >= 15 is 0 Å². The third-order valence-electron chi connectivity index (χ3n) is 1.31. The third kappa shape index (κ3) is 2.29. The van der Waals surface area contributed by atoms with E-state index < -0.39 is 8.32 Å². The summed E-state index contributed by atoms with van der Waals surface area (Å²) in [5, 5.41) is 0. The van der Waals surface area contributed by atoms with E-state index in [0.717, 1.165) is 0 Å². The Morgan fingerprint density at radius 3 is 2.10 bits per heavy atom. The third-order valence-corrected chi connectivity index (χ3v) is 5.19. The van der Waals surface area contributed by atoms with E-state index in [1.807, 2.05) is 6.92 Å². The fourth-order valence-electron chi connectivity index (χ4n) is 0.618. The van der Waals surface area contributed by atoms with Gasteiger partial charge in [0.15, 0.2) is 0 Å². The number of rotatable bonds is 5. The van der Waals surface area contributed by atoms with Crippen LogP contribution in [0.2, 0.25) is 0 Å². The quantitative estimate of drug-likeness (QED) is 0.461. The maximum absolute atomic E-state index is 5.70. The largest absolute Gasteiger partial charge is 0.408 e. The minimum Gasteiger partial charge on any atom is -0.408 e. The molecule has 0 unspecified atom stereocenters. The molecule has 0 spiro atoms. The zero-order chi connectivity index (χ0) is 8.04. The van der Waals surface area contributed by atoms with Crippen molar-refractivity contribution >= 4 is 19.9 Å². The zero-order valence-electron chi connectivity index (χ0n) is 6.27. The molecule has 0 rings (SSSR count). The summed E-state index contributed by atoms with van der Waals surface area (Å²) in [6.45, 7) is 9.97. The Morgan fingerprint density at radius 2 is 2.00 bits per heavy atom. The molecule has 0 aliphatic carbocycles. The molecule has 0 N–H and O–H groups in total. The molecule has 0 saturated heterocycles. The summed E-state index contributed by atoms with van der Waals surface area (Å²) in [7, 11) is -1.92. The first kappa shape index (κ1) is 9.95. The van der Waals surface area contributed by atoms with E-state index in [4.69, 9.17) is 16.0 Å². The predicted octanol–water partition coefficient (Wildman–Crippen LogP) is 2.20. The van der Waals surface area contributed by atoms with Crippen LogP contribution in [0.15, 0.2) is 24.6 Å². The molecule has 0 heterocycles. The number of alkyl halides is 1. The van der Waals surface area contributed by atoms with Gasteiger partial charge in [-0.25, -0.2) is 0 Å². The maximum Gasteiger partial charge on any atom is 0.254 e. The van der Waals surface area contributed by atoms with Gasteiger partial charge in [0.2, 0.25) is 0 Å². The van der Waals surface area contributed by atoms with Crippen LogP contribution in [0, 0.1) is 0 Å². The number of hydrogen-bond donors (Lipinski definition) is 0. The number of halogens is 1. The molecule has 0 aromatic rings. The summed E-state index contributed by atoms with van der Waals surface area (Å²) in [5.41, 5.74) is 4.11. The summed E-state index contributed by atoms with van der Waals surface area (Å²) in [6, 6.07) is 0. The van der Waals surface area contributed by atoms with Crippen molar-refractivity contribution in [2.45, 2.75) is 6.92 Å². The summed E-state index contributed by atoms with van der Waals surface area (Å²) >= 11 is 5.70. The van der Waals surface area contributed by atoms with Crippen molar-refractivity contribution in [3.05, 3.63) is 24.6 Å². The second kappa shape index (κ2) is 4.72. The Bertz CT molecular complexity index is 117. The van der Waals surface area contributed by atoms with E-state index in [2.05, 4.69) is 13.2 Å². The second-order valence-electron chi connectivity index (χ2n) is 1.93. The van der Waals surface area contributed by atoms with E-state index in [1.165, 1.54) is 0 Å². The lowest BCUT2D eigenvalue weighted by Gasteiger charge is -2.19. The first-order chi connectivity index (χ1) is 4.74. The van der Waals surface area contributed by atoms with Gasteiger partial charge in [-0.15, -0.1) is 24.8 Å². The molecule has 1 nitrogen and oxygen atoms in total. The van der Waals surface area contributed by atoms with Gasteiger partial charge in [0.1, 0.15) is 0 Å². The summed E-state index contributed by atoms with van der Waals surface area (Å²) in [5.74, 6) is 0. The summed E-state index contributed by atoms with van der Waals surface area (Å²) < 4.78 is 5.45. The monoisotopic (exact) mass is 176 g/mol. The maximum atomic E-state index is 5.70. The molecule has 10 heavy (non-hydrogen) atoms. The Hall–Kier alpha value is -0.0531. The molecule has 0 fully saturated rings. The van der Waals surface area contributed by atoms with Crippen LogP contribution in [0.25, 0.3) is 0 Å². The predicted molar refractivity (Wildman–Crippen MR) is 48.5 cm³/mol. The molecular formula is C7H13ClOSi. The Kier molecular flexibility index (Phi) is 4.69. The highest BCUT2D eigenvalue weighted by molar-refractivity contribution is 6.88. The highest BCUT2D eigenvalue weighted by Gasteiger charge is 2.25. The van der Waals surface area contributed by atoms with Gasteiger partial charge in [-0.1, -0.05) is 11.4 Å². The van der Waals surface area contributed by atoms with Crippen LogP contribution in [0.1, 0.15) is 6.92 Å². The molecule has 58 valence electrons. The fourth-order valence-corrected chi connectivity index (χ4v) is 2.74. The van der Waals surface area contributed by atoms with Gasteiger partial charge in [-0.3, -0.25) is 0 Å². The van der Waals surface area contributed by atoms with E-state index in [-0.39, 0.29) is 0 Å². The molecular weight excluding hydrogens is 164 g/mol. The standard InChI is InChI=1S/C7H13ClOSi/c1-4-9-10(5-2,6-3)7-8/h5-6H,2-4,7H2,1H3. The normalized spacial score (nSPS) is 11.0. The van der Waals surface area contributed by atoms with Crippen LogP contribution in [0.4, 0.5) is 0 Å². The lowest BCUT2D eigenvalue weighted by Crippen LogP contribution is -2.36. The minimum atomic E-state index is -1.92. The lowest BCUT2D eigenvalue weighted by atomic mass is 10.9. The van der Waals surface area contributed by atoms with E-state index in [1.54, 1.807) is 11.4 Å². The van der Waals surface area contributed by atoms with Crippen molar-refractivity contribution in [1.29, 1.82) is 0 Å². The fraction of sp³-hybridized carbons (Fsp3) is 0.429. The van der Waals surface area contributed by atoms with Gasteiger partial charge in [0, 0.05) is 12.1 Å². The van der Waals surface area contributed by atoms with Crippen molar-refractivity contribution in [2.24, 2.45) is 0 Å². The molecule has 0 saturated carbocycles. The van der Waals surface area contributed by atoms with Gasteiger partial charge < -0.3 is 4.43 Å². The molecule has 0 aliphatic rings. The molecule has 0 aliphatic heterocycles. The second-order valence-corrected chi connectivity index (χ2v) is 6.01. The average molecular weight is 177 g/mol. The first-order valence-corrected chi connectivity index (χ1v) is 6.02. The smallest absolute Gasteiger partial charge is 0.254 e. The lowest BCUT2D eigenvalue weighted by molar-refractivity contribution is 0.341. The molecule has 0 aromatic carbocycles. The van der Waals surface area contributed by atoms with Crippen LogP contribution >= 0.6 is 11.6 Å². The summed E-state index contributed by atoms with van der Waals surface area (Å²) in [6.07, 6.45) is 0. The SMILES string of the molecule is C=C[Si](C=C)(CCl)OCC. The van der Waals surface area contributed by atoms with E-state index in [0.29, 0.717) is 12.1 Å². The van der Waals surface area contributed by atoms with Crippen molar-refractivity contribution in [3.8, 4) is 0 Å². The molecule has 0 aromatic heterocycles. The van der Waals surface area contributed by atoms with Crippen LogP contribution in [-0.2, 0) is 4.43 Å². The van der Waals surface area contributed by atoms with Crippen LogP contribution in [-0.4, -0.2) is 20.4 Å². The first-order valence-electron chi connectivity index (χ1n) is 3.21. The zero-order valence-corrected chi connectivity index (χ0v) is 8.03. The molecule has 3 heteroatoms. The number of hydrogen-bond acceptors (Lipinski definition) is 1. The van der Waals surface area contributed by atoms with Gasteiger partial charge in [0.05, 0.1) is 0 Å². The topological polar surface area (TPSA) is 9.23 Å². The molecule has 0 amide bonds.